The molecule has 0 aliphatic carbocycles. The van der Waals surface area contributed by atoms with Gasteiger partial charge in [-0.1, -0.05) is 25.1 Å². The van der Waals surface area contributed by atoms with Crippen molar-refractivity contribution in [1.29, 1.82) is 0 Å². The van der Waals surface area contributed by atoms with Gasteiger partial charge in [0, 0.05) is 18.2 Å². The zero-order valence-electron chi connectivity index (χ0n) is 10.1. The van der Waals surface area contributed by atoms with Crippen LogP contribution >= 0.6 is 0 Å². The summed E-state index contributed by atoms with van der Waals surface area (Å²) in [6, 6.07) is 9.27. The second kappa shape index (κ2) is 6.03. The van der Waals surface area contributed by atoms with Gasteiger partial charge in [0.1, 0.15) is 0 Å². The molecule has 0 fully saturated rings. The molecule has 1 amide bonds. The molecule has 0 spiro atoms. The van der Waals surface area contributed by atoms with E-state index in [1.807, 2.05) is 37.3 Å². The normalized spacial score (nSPS) is 11.9. The Labute approximate surface area is 101 Å². The first kappa shape index (κ1) is 13.2. The highest BCUT2D eigenvalue weighted by molar-refractivity contribution is 5.96. The van der Waals surface area contributed by atoms with Crippen LogP contribution in [0.1, 0.15) is 20.3 Å². The van der Waals surface area contributed by atoms with Crippen LogP contribution in [0, 0.1) is 5.92 Å². The quantitative estimate of drug-likeness (QED) is 0.850. The number of nitrogens with zero attached hydrogens (tertiary/aromatic N) is 1. The van der Waals surface area contributed by atoms with E-state index in [-0.39, 0.29) is 12.3 Å². The smallest absolute Gasteiger partial charge is 0.304 e. The van der Waals surface area contributed by atoms with E-state index in [9.17, 15) is 9.59 Å². The zero-order chi connectivity index (χ0) is 12.8. The highest BCUT2D eigenvalue weighted by Gasteiger charge is 2.22. The van der Waals surface area contributed by atoms with Gasteiger partial charge in [0.2, 0.25) is 5.91 Å². The van der Waals surface area contributed by atoms with Gasteiger partial charge in [-0.2, -0.15) is 0 Å². The summed E-state index contributed by atoms with van der Waals surface area (Å²) in [5.41, 5.74) is 0.803. The van der Waals surface area contributed by atoms with Gasteiger partial charge < -0.3 is 10.0 Å². The number of rotatable bonds is 5. The van der Waals surface area contributed by atoms with Crippen LogP contribution in [0.4, 0.5) is 5.69 Å². The number of carbonyl (C=O) groups excluding carboxylic acids is 1. The van der Waals surface area contributed by atoms with E-state index in [0.717, 1.165) is 5.69 Å². The zero-order valence-corrected chi connectivity index (χ0v) is 10.1. The number of carbonyl (C=O) groups is 2. The molecule has 1 atom stereocenters. The third-order valence-corrected chi connectivity index (χ3v) is 2.55. The van der Waals surface area contributed by atoms with Crippen LogP contribution in [0.5, 0.6) is 0 Å². The van der Waals surface area contributed by atoms with E-state index in [1.54, 1.807) is 11.8 Å². The minimum Gasteiger partial charge on any atom is -0.481 e. The molecule has 0 bridgehead atoms. The average Bonchev–Trinajstić information content (AvgIpc) is 2.30. The molecular weight excluding hydrogens is 218 g/mol. The number of aliphatic carboxylic acids is 1. The lowest BCUT2D eigenvalue weighted by Gasteiger charge is -2.23. The lowest BCUT2D eigenvalue weighted by molar-refractivity contribution is -0.140. The molecule has 4 heteroatoms. The highest BCUT2D eigenvalue weighted by atomic mass is 16.4. The summed E-state index contributed by atoms with van der Waals surface area (Å²) in [6.07, 6.45) is -0.137. The van der Waals surface area contributed by atoms with Crippen LogP contribution in [0.15, 0.2) is 30.3 Å². The Kier molecular flexibility index (Phi) is 4.69. The van der Waals surface area contributed by atoms with Crippen molar-refractivity contribution in [2.45, 2.75) is 20.3 Å². The van der Waals surface area contributed by atoms with Crippen molar-refractivity contribution in [3.63, 3.8) is 0 Å². The van der Waals surface area contributed by atoms with Crippen LogP contribution in [-0.4, -0.2) is 23.5 Å². The molecule has 1 aromatic carbocycles. The second-order valence-electron chi connectivity index (χ2n) is 3.92. The predicted octanol–water partition coefficient (Wildman–Crippen LogP) is 2.15. The summed E-state index contributed by atoms with van der Waals surface area (Å²) < 4.78 is 0. The van der Waals surface area contributed by atoms with E-state index < -0.39 is 11.9 Å². The Bertz CT molecular complexity index is 389. The van der Waals surface area contributed by atoms with E-state index >= 15 is 0 Å². The number of anilines is 1. The fourth-order valence-electron chi connectivity index (χ4n) is 1.69. The molecule has 1 rings (SSSR count). The summed E-state index contributed by atoms with van der Waals surface area (Å²) in [5, 5.41) is 8.69. The van der Waals surface area contributed by atoms with Gasteiger partial charge in [-0.05, 0) is 19.1 Å². The SMILES string of the molecule is CCN(C(=O)C(C)CC(=O)O)c1ccccc1. The number of carboxylic acid groups (broad SMARTS) is 1. The van der Waals surface area contributed by atoms with E-state index in [2.05, 4.69) is 0 Å². The van der Waals surface area contributed by atoms with Crippen molar-refractivity contribution in [1.82, 2.24) is 0 Å². The molecule has 4 nitrogen and oxygen atoms in total. The number of hydrogen-bond acceptors (Lipinski definition) is 2. The predicted molar refractivity (Wildman–Crippen MR) is 65.9 cm³/mol. The Hall–Kier alpha value is -1.84. The minimum absolute atomic E-state index is 0.137. The second-order valence-corrected chi connectivity index (χ2v) is 3.92. The van der Waals surface area contributed by atoms with Crippen molar-refractivity contribution in [3.05, 3.63) is 30.3 Å². The Morgan fingerprint density at radius 3 is 2.35 bits per heavy atom. The Balaban J connectivity index is 2.81. The van der Waals surface area contributed by atoms with Gasteiger partial charge in [-0.25, -0.2) is 0 Å². The molecule has 0 aromatic heterocycles. The van der Waals surface area contributed by atoms with Crippen molar-refractivity contribution in [3.8, 4) is 0 Å². The largest absolute Gasteiger partial charge is 0.481 e. The molecule has 0 saturated heterocycles. The molecular formula is C13H17NO3. The molecule has 1 N–H and O–H groups in total. The lowest BCUT2D eigenvalue weighted by Crippen LogP contribution is -2.35. The molecule has 1 unspecified atom stereocenters. The number of benzene rings is 1. The fraction of sp³-hybridized carbons (Fsp3) is 0.385. The number of hydrogen-bond donors (Lipinski definition) is 1. The molecule has 0 aliphatic heterocycles. The third kappa shape index (κ3) is 3.59. The van der Waals surface area contributed by atoms with E-state index in [0.29, 0.717) is 6.54 Å². The van der Waals surface area contributed by atoms with E-state index in [4.69, 9.17) is 5.11 Å². The summed E-state index contributed by atoms with van der Waals surface area (Å²) >= 11 is 0. The maximum Gasteiger partial charge on any atom is 0.304 e. The number of amides is 1. The molecule has 0 heterocycles. The van der Waals surface area contributed by atoms with Gasteiger partial charge in [0.15, 0.2) is 0 Å². The number of para-hydroxylation sites is 1. The maximum atomic E-state index is 12.1. The first-order chi connectivity index (χ1) is 8.06. The summed E-state index contributed by atoms with van der Waals surface area (Å²) in [7, 11) is 0. The molecule has 0 saturated carbocycles. The summed E-state index contributed by atoms with van der Waals surface area (Å²) in [4.78, 5) is 24.3. The summed E-state index contributed by atoms with van der Waals surface area (Å²) in [6.45, 7) is 4.05. The Morgan fingerprint density at radius 2 is 1.88 bits per heavy atom. The van der Waals surface area contributed by atoms with Crippen LogP contribution in [0.25, 0.3) is 0 Å². The van der Waals surface area contributed by atoms with Crippen LogP contribution < -0.4 is 4.90 Å². The highest BCUT2D eigenvalue weighted by Crippen LogP contribution is 2.17. The van der Waals surface area contributed by atoms with E-state index in [1.165, 1.54) is 0 Å². The van der Waals surface area contributed by atoms with Crippen molar-refractivity contribution in [2.24, 2.45) is 5.92 Å². The fourth-order valence-corrected chi connectivity index (χ4v) is 1.69. The van der Waals surface area contributed by atoms with Gasteiger partial charge in [0.05, 0.1) is 6.42 Å². The van der Waals surface area contributed by atoms with Crippen LogP contribution in [0.3, 0.4) is 0 Å². The maximum absolute atomic E-state index is 12.1. The molecule has 1 aromatic rings. The topological polar surface area (TPSA) is 57.6 Å². The van der Waals surface area contributed by atoms with Gasteiger partial charge in [0.25, 0.3) is 0 Å². The molecule has 17 heavy (non-hydrogen) atoms. The first-order valence-corrected chi connectivity index (χ1v) is 5.64. The Morgan fingerprint density at radius 1 is 1.29 bits per heavy atom. The third-order valence-electron chi connectivity index (χ3n) is 2.55. The molecule has 0 aliphatic rings. The van der Waals surface area contributed by atoms with Crippen molar-refractivity contribution >= 4 is 17.6 Å². The van der Waals surface area contributed by atoms with Crippen molar-refractivity contribution in [2.75, 3.05) is 11.4 Å². The lowest BCUT2D eigenvalue weighted by atomic mass is 10.1. The van der Waals surface area contributed by atoms with Gasteiger partial charge in [-0.3, -0.25) is 9.59 Å². The monoisotopic (exact) mass is 235 g/mol. The minimum atomic E-state index is -0.949. The van der Waals surface area contributed by atoms with Crippen LogP contribution in [-0.2, 0) is 9.59 Å². The average molecular weight is 235 g/mol. The van der Waals surface area contributed by atoms with Gasteiger partial charge >= 0.3 is 5.97 Å². The van der Waals surface area contributed by atoms with Gasteiger partial charge in [-0.15, -0.1) is 0 Å². The molecule has 0 radical (unpaired) electrons. The first-order valence-electron chi connectivity index (χ1n) is 5.64. The number of carboxylic acids is 1. The van der Waals surface area contributed by atoms with Crippen LogP contribution in [0.2, 0.25) is 0 Å². The van der Waals surface area contributed by atoms with Crippen molar-refractivity contribution < 1.29 is 14.7 Å². The summed E-state index contributed by atoms with van der Waals surface area (Å²) in [5.74, 6) is -1.61. The molecule has 92 valence electrons. The standard InChI is InChI=1S/C13H17NO3/c1-3-14(11-7-5-4-6-8-11)13(17)10(2)9-12(15)16/h4-8,10H,3,9H2,1-2H3,(H,15,16).